The summed E-state index contributed by atoms with van der Waals surface area (Å²) in [6, 6.07) is 6.32. The molecular weight excluding hydrogens is 396 g/mol. The largest absolute Gasteiger partial charge is 0.394 e. The van der Waals surface area contributed by atoms with E-state index in [1.165, 1.54) is 29.4 Å². The van der Waals surface area contributed by atoms with Crippen molar-refractivity contribution in [2.75, 3.05) is 18.5 Å². The van der Waals surface area contributed by atoms with Gasteiger partial charge in [-0.05, 0) is 12.0 Å². The molecule has 30 heavy (non-hydrogen) atoms. The van der Waals surface area contributed by atoms with Gasteiger partial charge in [0.15, 0.2) is 23.2 Å². The molecule has 1 aromatic carbocycles. The number of aliphatic hydroxyl groups excluding tert-OH is 3. The van der Waals surface area contributed by atoms with Crippen molar-refractivity contribution in [1.29, 1.82) is 0 Å². The lowest BCUT2D eigenvalue weighted by atomic mass is 10.1. The molecule has 3 aromatic rings. The molecular formula is C18H20N6O6. The second-order valence-electron chi connectivity index (χ2n) is 6.88. The standard InChI is InChI=1S/C18H20N6O6/c25-7-12-14(26)15(27)18(30-12)23-9-22-13-16(20-8-21-17(13)23)19-6-5-10-1-3-11(4-2-10)24(28)29/h1-4,8-9,12,14-15,18,25-27H,5-7H2,(H,19,20,21)/t12-,14-,15-,18-/m1/s1. The zero-order chi connectivity index (χ0) is 21.3. The highest BCUT2D eigenvalue weighted by Crippen LogP contribution is 2.32. The second-order valence-corrected chi connectivity index (χ2v) is 6.88. The highest BCUT2D eigenvalue weighted by atomic mass is 16.6. The summed E-state index contributed by atoms with van der Waals surface area (Å²) in [5.41, 5.74) is 1.83. The van der Waals surface area contributed by atoms with Gasteiger partial charge in [-0.1, -0.05) is 12.1 Å². The van der Waals surface area contributed by atoms with Crippen LogP contribution >= 0.6 is 0 Å². The van der Waals surface area contributed by atoms with Gasteiger partial charge >= 0.3 is 0 Å². The SMILES string of the molecule is O=[N+]([O-])c1ccc(CCNc2ncnc3c2ncn3[C@@H]2O[C@H](CO)[C@@H](O)[C@H]2O)cc1. The number of nitrogens with one attached hydrogen (secondary N) is 1. The Hall–Kier alpha value is -3.19. The number of aliphatic hydroxyl groups is 3. The van der Waals surface area contributed by atoms with E-state index in [4.69, 9.17) is 4.74 Å². The molecule has 2 aromatic heterocycles. The molecule has 0 saturated carbocycles. The fourth-order valence-corrected chi connectivity index (χ4v) is 3.39. The summed E-state index contributed by atoms with van der Waals surface area (Å²) in [7, 11) is 0. The molecule has 158 valence electrons. The lowest BCUT2D eigenvalue weighted by Gasteiger charge is -2.16. The molecule has 1 saturated heterocycles. The highest BCUT2D eigenvalue weighted by molar-refractivity contribution is 5.82. The van der Waals surface area contributed by atoms with Crippen molar-refractivity contribution in [1.82, 2.24) is 19.5 Å². The summed E-state index contributed by atoms with van der Waals surface area (Å²) in [5.74, 6) is 0.479. The van der Waals surface area contributed by atoms with E-state index in [1.807, 2.05) is 0 Å². The Morgan fingerprint density at radius 2 is 1.93 bits per heavy atom. The van der Waals surface area contributed by atoms with E-state index in [0.717, 1.165) is 5.56 Å². The average Bonchev–Trinajstić information content (AvgIpc) is 3.30. The van der Waals surface area contributed by atoms with Crippen LogP contribution in [0.3, 0.4) is 0 Å². The van der Waals surface area contributed by atoms with Crippen molar-refractivity contribution in [2.24, 2.45) is 0 Å². The first kappa shape index (κ1) is 20.1. The molecule has 1 aliphatic rings. The van der Waals surface area contributed by atoms with Crippen molar-refractivity contribution >= 4 is 22.7 Å². The van der Waals surface area contributed by atoms with Crippen LogP contribution in [0.5, 0.6) is 0 Å². The van der Waals surface area contributed by atoms with Gasteiger partial charge < -0.3 is 25.4 Å². The van der Waals surface area contributed by atoms with E-state index in [-0.39, 0.29) is 5.69 Å². The summed E-state index contributed by atoms with van der Waals surface area (Å²) >= 11 is 0. The van der Waals surface area contributed by atoms with Crippen molar-refractivity contribution in [3.63, 3.8) is 0 Å². The first-order valence-corrected chi connectivity index (χ1v) is 9.26. The first-order chi connectivity index (χ1) is 14.5. The van der Waals surface area contributed by atoms with Gasteiger partial charge in [-0.15, -0.1) is 0 Å². The summed E-state index contributed by atoms with van der Waals surface area (Å²) in [5, 5.41) is 43.4. The van der Waals surface area contributed by atoms with E-state index in [0.29, 0.717) is 29.9 Å². The molecule has 0 amide bonds. The molecule has 4 N–H and O–H groups in total. The van der Waals surface area contributed by atoms with E-state index in [1.54, 1.807) is 12.1 Å². The Balaban J connectivity index is 1.48. The summed E-state index contributed by atoms with van der Waals surface area (Å²) in [4.78, 5) is 23.0. The van der Waals surface area contributed by atoms with Crippen molar-refractivity contribution < 1.29 is 25.0 Å². The predicted molar refractivity (Wildman–Crippen MR) is 104 cm³/mol. The monoisotopic (exact) mass is 416 g/mol. The minimum Gasteiger partial charge on any atom is -0.394 e. The molecule has 12 heteroatoms. The number of nitrogens with zero attached hydrogens (tertiary/aromatic N) is 5. The number of non-ortho nitro benzene ring substituents is 1. The third-order valence-electron chi connectivity index (χ3n) is 5.00. The molecule has 4 atom stereocenters. The van der Waals surface area contributed by atoms with Gasteiger partial charge in [-0.25, -0.2) is 15.0 Å². The zero-order valence-corrected chi connectivity index (χ0v) is 15.7. The van der Waals surface area contributed by atoms with Crippen LogP contribution in [0.15, 0.2) is 36.9 Å². The van der Waals surface area contributed by atoms with Gasteiger partial charge in [-0.3, -0.25) is 14.7 Å². The number of hydrogen-bond donors (Lipinski definition) is 4. The summed E-state index contributed by atoms with van der Waals surface area (Å²) < 4.78 is 7.03. The van der Waals surface area contributed by atoms with Crippen LogP contribution in [0.4, 0.5) is 11.5 Å². The molecule has 0 unspecified atom stereocenters. The van der Waals surface area contributed by atoms with E-state index in [2.05, 4.69) is 20.3 Å². The van der Waals surface area contributed by atoms with Crippen LogP contribution < -0.4 is 5.32 Å². The van der Waals surface area contributed by atoms with Gasteiger partial charge in [0.1, 0.15) is 24.6 Å². The number of aromatic nitrogens is 4. The Labute approximate surface area is 169 Å². The van der Waals surface area contributed by atoms with Gasteiger partial charge in [0.05, 0.1) is 17.9 Å². The van der Waals surface area contributed by atoms with Crippen molar-refractivity contribution in [3.8, 4) is 0 Å². The fourth-order valence-electron chi connectivity index (χ4n) is 3.39. The molecule has 0 spiro atoms. The summed E-state index contributed by atoms with van der Waals surface area (Å²) in [6.45, 7) is 0.0798. The maximum atomic E-state index is 10.7. The highest BCUT2D eigenvalue weighted by Gasteiger charge is 2.44. The van der Waals surface area contributed by atoms with E-state index >= 15 is 0 Å². The number of hydrogen-bond acceptors (Lipinski definition) is 10. The van der Waals surface area contributed by atoms with Crippen LogP contribution in [0.1, 0.15) is 11.8 Å². The lowest BCUT2D eigenvalue weighted by molar-refractivity contribution is -0.384. The number of imidazole rings is 1. The molecule has 12 nitrogen and oxygen atoms in total. The molecule has 4 rings (SSSR count). The Bertz CT molecular complexity index is 1040. The average molecular weight is 416 g/mol. The molecule has 0 radical (unpaired) electrons. The van der Waals surface area contributed by atoms with Gasteiger partial charge in [0, 0.05) is 18.7 Å². The van der Waals surface area contributed by atoms with Crippen LogP contribution in [0, 0.1) is 10.1 Å². The molecule has 3 heterocycles. The number of nitro groups is 1. The first-order valence-electron chi connectivity index (χ1n) is 9.26. The van der Waals surface area contributed by atoms with Gasteiger partial charge in [0.2, 0.25) is 0 Å². The normalized spacial score (nSPS) is 23.7. The quantitative estimate of drug-likeness (QED) is 0.304. The smallest absolute Gasteiger partial charge is 0.269 e. The third kappa shape index (κ3) is 3.68. The maximum absolute atomic E-state index is 10.7. The van der Waals surface area contributed by atoms with Crippen LogP contribution in [-0.4, -0.2) is 71.2 Å². The maximum Gasteiger partial charge on any atom is 0.269 e. The van der Waals surface area contributed by atoms with E-state index in [9.17, 15) is 25.4 Å². The molecule has 1 fully saturated rings. The van der Waals surface area contributed by atoms with Crippen molar-refractivity contribution in [2.45, 2.75) is 31.0 Å². The van der Waals surface area contributed by atoms with Crippen LogP contribution in [0.2, 0.25) is 0 Å². The Morgan fingerprint density at radius 1 is 1.17 bits per heavy atom. The number of ether oxygens (including phenoxy) is 1. The fraction of sp³-hybridized carbons (Fsp3) is 0.389. The number of anilines is 1. The molecule has 0 bridgehead atoms. The summed E-state index contributed by atoms with van der Waals surface area (Å²) in [6.07, 6.45) is -0.920. The van der Waals surface area contributed by atoms with Crippen molar-refractivity contribution in [3.05, 3.63) is 52.6 Å². The molecule has 0 aliphatic carbocycles. The minimum absolute atomic E-state index is 0.0413. The second kappa shape index (κ2) is 8.28. The minimum atomic E-state index is -1.24. The van der Waals surface area contributed by atoms with Gasteiger partial charge in [0.25, 0.3) is 5.69 Å². The van der Waals surface area contributed by atoms with Crippen LogP contribution in [-0.2, 0) is 11.2 Å². The number of nitro benzene ring substituents is 1. The van der Waals surface area contributed by atoms with Crippen LogP contribution in [0.25, 0.3) is 11.2 Å². The van der Waals surface area contributed by atoms with Gasteiger partial charge in [-0.2, -0.15) is 0 Å². The Kier molecular flexibility index (Phi) is 5.55. The lowest BCUT2D eigenvalue weighted by Crippen LogP contribution is -2.33. The topological polar surface area (TPSA) is 169 Å². The number of fused-ring (bicyclic) bond motifs is 1. The third-order valence-corrected chi connectivity index (χ3v) is 5.00. The Morgan fingerprint density at radius 3 is 2.60 bits per heavy atom. The zero-order valence-electron chi connectivity index (χ0n) is 15.7. The van der Waals surface area contributed by atoms with E-state index < -0.39 is 36.1 Å². The number of benzene rings is 1. The number of rotatable bonds is 7. The molecule has 1 aliphatic heterocycles. The predicted octanol–water partition coefficient (Wildman–Crippen LogP) is 0.000600.